The van der Waals surface area contributed by atoms with Crippen LogP contribution in [0.3, 0.4) is 0 Å². The van der Waals surface area contributed by atoms with E-state index in [2.05, 4.69) is 5.32 Å². The number of rotatable bonds is 13. The van der Waals surface area contributed by atoms with Crippen LogP contribution in [0.1, 0.15) is 66.7 Å². The Hall–Kier alpha value is -2.37. The molecule has 1 aliphatic heterocycles. The van der Waals surface area contributed by atoms with Gasteiger partial charge in [-0.15, -0.1) is 0 Å². The van der Waals surface area contributed by atoms with Crippen molar-refractivity contribution in [2.24, 2.45) is 5.92 Å². The molecule has 0 radical (unpaired) electrons. The van der Waals surface area contributed by atoms with E-state index in [9.17, 15) is 24.0 Å². The molecule has 2 N–H and O–H groups in total. The second kappa shape index (κ2) is 17.1. The molecule has 196 valence electrons. The molecule has 0 aliphatic carbocycles. The fraction of sp³-hybridized carbons (Fsp3) is 0.783. The number of amides is 1. The Balaban J connectivity index is 0.000000646. The van der Waals surface area contributed by atoms with Crippen molar-refractivity contribution in [3.8, 4) is 0 Å². The normalized spacial score (nSPS) is 22.1. The number of Topliss-reactive ketones (excluding diaryl/α,β-unsaturated/α-hetero) is 2. The summed E-state index contributed by atoms with van der Waals surface area (Å²) in [7, 11) is 1.45. The van der Waals surface area contributed by atoms with Gasteiger partial charge in [0.15, 0.2) is 12.4 Å². The van der Waals surface area contributed by atoms with Crippen molar-refractivity contribution < 1.29 is 48.0 Å². The van der Waals surface area contributed by atoms with E-state index >= 15 is 0 Å². The Morgan fingerprint density at radius 1 is 1.00 bits per heavy atom. The molecule has 5 atom stereocenters. The van der Waals surface area contributed by atoms with Crippen molar-refractivity contribution in [2.75, 3.05) is 20.3 Å². The second-order valence-corrected chi connectivity index (χ2v) is 8.12. The minimum absolute atomic E-state index is 0.0119. The molecule has 0 aromatic heterocycles. The van der Waals surface area contributed by atoms with E-state index in [-0.39, 0.29) is 67.8 Å². The average molecular weight is 490 g/mol. The number of carbonyl (C=O) groups excluding carboxylic acids is 5. The van der Waals surface area contributed by atoms with Crippen LogP contribution in [0.5, 0.6) is 0 Å². The lowest BCUT2D eigenvalue weighted by Gasteiger charge is -2.20. The number of esters is 2. The predicted octanol–water partition coefficient (Wildman–Crippen LogP) is 1.08. The van der Waals surface area contributed by atoms with Crippen molar-refractivity contribution in [3.05, 3.63) is 0 Å². The number of methoxy groups -OCH3 is 1. The Labute approximate surface area is 200 Å². The molecule has 11 nitrogen and oxygen atoms in total. The first kappa shape index (κ1) is 31.6. The topological polar surface area (TPSA) is 155 Å². The van der Waals surface area contributed by atoms with Gasteiger partial charge in [-0.1, -0.05) is 13.8 Å². The summed E-state index contributed by atoms with van der Waals surface area (Å²) in [4.78, 5) is 54.9. The highest BCUT2D eigenvalue weighted by atomic mass is 16.7. The maximum Gasteiger partial charge on any atom is 0.306 e. The predicted molar refractivity (Wildman–Crippen MR) is 120 cm³/mol. The lowest BCUT2D eigenvalue weighted by atomic mass is 10.0. The summed E-state index contributed by atoms with van der Waals surface area (Å²) in [5.41, 5.74) is 0. The van der Waals surface area contributed by atoms with Crippen molar-refractivity contribution in [1.29, 1.82) is 0 Å². The molecule has 1 rings (SSSR count). The van der Waals surface area contributed by atoms with Gasteiger partial charge >= 0.3 is 11.9 Å². The standard InChI is InChI=1S/C12H20O6.C11H19NO4/c1-7(14)4-5-10(15)18-11-8(2)9(6-13)17-12(11)16-3;1-4-10(16-9(3)14)7-12-11(15)6-5-8(2)13/h8-9,11-13H,4-6H2,1-3H3;10H,4-7H2,1-3H3,(H,12,15). The van der Waals surface area contributed by atoms with E-state index in [0.717, 1.165) is 0 Å². The third-order valence-corrected chi connectivity index (χ3v) is 5.06. The first-order valence-corrected chi connectivity index (χ1v) is 11.4. The number of ketones is 2. The highest BCUT2D eigenvalue weighted by Gasteiger charge is 2.44. The fourth-order valence-corrected chi connectivity index (χ4v) is 2.99. The Morgan fingerprint density at radius 2 is 1.59 bits per heavy atom. The SMILES string of the molecule is CCC(CNC(=O)CCC(C)=O)OC(C)=O.COC1OC(CO)C(C)C1OC(=O)CCC(C)=O. The summed E-state index contributed by atoms with van der Waals surface area (Å²) in [6, 6.07) is 0. The summed E-state index contributed by atoms with van der Waals surface area (Å²) < 4.78 is 20.7. The van der Waals surface area contributed by atoms with Crippen molar-refractivity contribution in [3.63, 3.8) is 0 Å². The molecule has 5 unspecified atom stereocenters. The van der Waals surface area contributed by atoms with Crippen molar-refractivity contribution >= 4 is 29.4 Å². The number of ether oxygens (including phenoxy) is 4. The maximum atomic E-state index is 11.6. The largest absolute Gasteiger partial charge is 0.461 e. The summed E-state index contributed by atoms with van der Waals surface area (Å²) in [6.45, 7) is 8.04. The third-order valence-electron chi connectivity index (χ3n) is 5.06. The highest BCUT2D eigenvalue weighted by Crippen LogP contribution is 2.29. The van der Waals surface area contributed by atoms with E-state index in [1.165, 1.54) is 27.9 Å². The van der Waals surface area contributed by atoms with Gasteiger partial charge in [-0.2, -0.15) is 0 Å². The zero-order valence-electron chi connectivity index (χ0n) is 21.0. The van der Waals surface area contributed by atoms with Gasteiger partial charge in [0, 0.05) is 39.2 Å². The minimum Gasteiger partial charge on any atom is -0.461 e. The van der Waals surface area contributed by atoms with Crippen LogP contribution in [-0.4, -0.2) is 79.4 Å². The van der Waals surface area contributed by atoms with E-state index in [4.69, 9.17) is 24.1 Å². The zero-order valence-corrected chi connectivity index (χ0v) is 21.0. The summed E-state index contributed by atoms with van der Waals surface area (Å²) >= 11 is 0. The van der Waals surface area contributed by atoms with E-state index in [0.29, 0.717) is 13.0 Å². The Morgan fingerprint density at radius 3 is 2.06 bits per heavy atom. The molecule has 0 spiro atoms. The van der Waals surface area contributed by atoms with Crippen LogP contribution in [-0.2, 0) is 42.9 Å². The molecule has 1 fully saturated rings. The van der Waals surface area contributed by atoms with Crippen LogP contribution in [0.2, 0.25) is 0 Å². The summed E-state index contributed by atoms with van der Waals surface area (Å²) in [6.07, 6.45) is -0.612. The van der Waals surface area contributed by atoms with Crippen LogP contribution in [0, 0.1) is 5.92 Å². The Kier molecular flexibility index (Phi) is 15.9. The van der Waals surface area contributed by atoms with Crippen LogP contribution in [0.25, 0.3) is 0 Å². The van der Waals surface area contributed by atoms with Gasteiger partial charge < -0.3 is 39.0 Å². The average Bonchev–Trinajstić information content (AvgIpc) is 3.08. The van der Waals surface area contributed by atoms with Crippen molar-refractivity contribution in [1.82, 2.24) is 5.32 Å². The molecule has 1 aliphatic rings. The van der Waals surface area contributed by atoms with E-state index < -0.39 is 24.5 Å². The van der Waals surface area contributed by atoms with Crippen molar-refractivity contribution in [2.45, 2.75) is 91.3 Å². The number of nitrogens with one attached hydrogen (secondary N) is 1. The van der Waals surface area contributed by atoms with Gasteiger partial charge in [-0.05, 0) is 20.3 Å². The summed E-state index contributed by atoms with van der Waals surface area (Å²) in [5, 5.41) is 11.7. The maximum absolute atomic E-state index is 11.6. The molecular formula is C23H39NO10. The Bertz CT molecular complexity index is 679. The molecule has 1 saturated heterocycles. The number of carbonyl (C=O) groups is 5. The van der Waals surface area contributed by atoms with Gasteiger partial charge in [-0.25, -0.2) is 0 Å². The van der Waals surface area contributed by atoms with Gasteiger partial charge in [0.1, 0.15) is 17.7 Å². The molecular weight excluding hydrogens is 450 g/mol. The molecule has 0 bridgehead atoms. The van der Waals surface area contributed by atoms with Crippen LogP contribution in [0.15, 0.2) is 0 Å². The van der Waals surface area contributed by atoms with Gasteiger partial charge in [-0.3, -0.25) is 14.4 Å². The molecule has 1 amide bonds. The van der Waals surface area contributed by atoms with Gasteiger partial charge in [0.2, 0.25) is 5.91 Å². The lowest BCUT2D eigenvalue weighted by Crippen LogP contribution is -2.34. The van der Waals surface area contributed by atoms with E-state index in [1.54, 1.807) is 0 Å². The molecule has 1 heterocycles. The highest BCUT2D eigenvalue weighted by molar-refractivity contribution is 5.83. The fourth-order valence-electron chi connectivity index (χ4n) is 2.99. The van der Waals surface area contributed by atoms with Gasteiger partial charge in [0.25, 0.3) is 0 Å². The quantitative estimate of drug-likeness (QED) is 0.359. The number of hydrogen-bond donors (Lipinski definition) is 2. The van der Waals surface area contributed by atoms with Gasteiger partial charge in [0.05, 0.1) is 25.7 Å². The third kappa shape index (κ3) is 13.4. The molecule has 0 aromatic rings. The lowest BCUT2D eigenvalue weighted by molar-refractivity contribution is -0.180. The second-order valence-electron chi connectivity index (χ2n) is 8.12. The monoisotopic (exact) mass is 489 g/mol. The molecule has 0 aromatic carbocycles. The minimum atomic E-state index is -0.668. The number of aliphatic hydroxyl groups excluding tert-OH is 1. The van der Waals surface area contributed by atoms with E-state index in [1.807, 2.05) is 13.8 Å². The summed E-state index contributed by atoms with van der Waals surface area (Å²) in [5.74, 6) is -1.22. The molecule has 34 heavy (non-hydrogen) atoms. The molecule has 0 saturated carbocycles. The first-order valence-electron chi connectivity index (χ1n) is 11.4. The van der Waals surface area contributed by atoms with Crippen LogP contribution in [0.4, 0.5) is 0 Å². The van der Waals surface area contributed by atoms with Crippen LogP contribution >= 0.6 is 0 Å². The zero-order chi connectivity index (χ0) is 26.3. The first-order chi connectivity index (χ1) is 15.9. The number of aliphatic hydroxyl groups is 1. The smallest absolute Gasteiger partial charge is 0.306 e. The van der Waals surface area contributed by atoms with Crippen LogP contribution < -0.4 is 5.32 Å². The number of hydrogen-bond acceptors (Lipinski definition) is 10. The molecule has 11 heteroatoms.